The molecule has 0 heterocycles. The molecule has 0 radical (unpaired) electrons. The maximum absolute atomic E-state index is 13.0. The molecule has 4 unspecified atom stereocenters. The van der Waals surface area contributed by atoms with Crippen LogP contribution in [0, 0.1) is 23.7 Å². The van der Waals surface area contributed by atoms with Gasteiger partial charge in [-0.15, -0.1) is 0 Å². The zero-order chi connectivity index (χ0) is 63.9. The van der Waals surface area contributed by atoms with Crippen molar-refractivity contribution in [1.29, 1.82) is 0 Å². The molecule has 0 saturated carbocycles. The molecule has 0 aromatic heterocycles. The van der Waals surface area contributed by atoms with Crippen LogP contribution in [0.25, 0.3) is 0 Å². The molecule has 0 rings (SSSR count). The van der Waals surface area contributed by atoms with Crippen molar-refractivity contribution in [3.8, 4) is 0 Å². The summed E-state index contributed by atoms with van der Waals surface area (Å²) in [5.74, 6) is 0.786. The molecule has 19 heteroatoms. The zero-order valence-corrected chi connectivity index (χ0v) is 57.7. The lowest BCUT2D eigenvalue weighted by atomic mass is 10.00. The number of unbranched alkanes of at least 4 members (excludes halogenated alkanes) is 29. The van der Waals surface area contributed by atoms with Crippen LogP contribution in [-0.4, -0.2) is 96.7 Å². The normalized spacial score (nSPS) is 14.7. The third-order valence-corrected chi connectivity index (χ3v) is 17.6. The topological polar surface area (TPSA) is 237 Å². The highest BCUT2D eigenvalue weighted by molar-refractivity contribution is 7.47. The third-order valence-electron chi connectivity index (χ3n) is 15.7. The fourth-order valence-corrected chi connectivity index (χ4v) is 11.5. The number of hydrogen-bond donors (Lipinski definition) is 3. The van der Waals surface area contributed by atoms with Crippen molar-refractivity contribution in [3.63, 3.8) is 0 Å². The van der Waals surface area contributed by atoms with Crippen molar-refractivity contribution >= 4 is 39.5 Å². The fraction of sp³-hybridized carbons (Fsp3) is 0.940. The van der Waals surface area contributed by atoms with E-state index in [0.717, 1.165) is 108 Å². The molecule has 0 saturated heterocycles. The van der Waals surface area contributed by atoms with Crippen LogP contribution in [0.2, 0.25) is 0 Å². The van der Waals surface area contributed by atoms with Crippen LogP contribution in [-0.2, 0) is 65.4 Å². The van der Waals surface area contributed by atoms with Crippen LogP contribution < -0.4 is 0 Å². The molecule has 6 atom stereocenters. The summed E-state index contributed by atoms with van der Waals surface area (Å²) in [6.45, 7) is 14.0. The van der Waals surface area contributed by atoms with E-state index < -0.39 is 97.5 Å². The van der Waals surface area contributed by atoms with E-state index in [2.05, 4.69) is 55.4 Å². The lowest BCUT2D eigenvalue weighted by Gasteiger charge is -2.21. The zero-order valence-electron chi connectivity index (χ0n) is 55.9. The summed E-state index contributed by atoms with van der Waals surface area (Å²) >= 11 is 0. The van der Waals surface area contributed by atoms with Gasteiger partial charge in [0.2, 0.25) is 0 Å². The van der Waals surface area contributed by atoms with Crippen molar-refractivity contribution in [2.24, 2.45) is 23.7 Å². The van der Waals surface area contributed by atoms with Gasteiger partial charge in [-0.25, -0.2) is 9.13 Å². The van der Waals surface area contributed by atoms with Crippen LogP contribution in [0.5, 0.6) is 0 Å². The Labute approximate surface area is 524 Å². The number of ether oxygens (including phenoxy) is 4. The monoisotopic (exact) mass is 1270 g/mol. The molecule has 86 heavy (non-hydrogen) atoms. The van der Waals surface area contributed by atoms with Gasteiger partial charge in [0.25, 0.3) is 0 Å². The summed E-state index contributed by atoms with van der Waals surface area (Å²) in [5, 5.41) is 10.6. The van der Waals surface area contributed by atoms with Crippen molar-refractivity contribution in [3.05, 3.63) is 0 Å². The first-order valence-electron chi connectivity index (χ1n) is 34.7. The number of hydrogen-bond acceptors (Lipinski definition) is 15. The molecule has 0 aliphatic rings. The van der Waals surface area contributed by atoms with Gasteiger partial charge < -0.3 is 33.8 Å². The highest BCUT2D eigenvalue weighted by Gasteiger charge is 2.30. The minimum Gasteiger partial charge on any atom is -0.462 e. The molecule has 17 nitrogen and oxygen atoms in total. The van der Waals surface area contributed by atoms with Gasteiger partial charge in [-0.1, -0.05) is 274 Å². The Balaban J connectivity index is 5.23. The molecule has 0 aromatic carbocycles. The Hall–Kier alpha value is -1.94. The largest absolute Gasteiger partial charge is 0.472 e. The van der Waals surface area contributed by atoms with E-state index in [1.807, 2.05) is 0 Å². The third kappa shape index (κ3) is 59.7. The number of phosphoric acid groups is 2. The molecule has 0 amide bonds. The Morgan fingerprint density at radius 1 is 0.326 bits per heavy atom. The number of phosphoric ester groups is 2. The van der Waals surface area contributed by atoms with E-state index in [0.29, 0.717) is 31.6 Å². The summed E-state index contributed by atoms with van der Waals surface area (Å²) in [5.41, 5.74) is 0. The quantitative estimate of drug-likeness (QED) is 0.0222. The average molecular weight is 1270 g/mol. The maximum atomic E-state index is 13.0. The minimum absolute atomic E-state index is 0.102. The summed E-state index contributed by atoms with van der Waals surface area (Å²) in [7, 11) is -9.90. The predicted molar refractivity (Wildman–Crippen MR) is 344 cm³/mol. The highest BCUT2D eigenvalue weighted by Crippen LogP contribution is 2.45. The van der Waals surface area contributed by atoms with Crippen LogP contribution in [0.15, 0.2) is 0 Å². The Morgan fingerprint density at radius 3 is 0.826 bits per heavy atom. The van der Waals surface area contributed by atoms with E-state index in [1.165, 1.54) is 128 Å². The standard InChI is InChI=1S/C67H130O17P2/c1-9-60(8)46-38-30-25-26-34-42-50-67(72)84-63(54-77-64(69)47-39-31-22-15-13-11-10-12-14-19-27-35-43-57(2)3)56-82-86(75,76)80-52-61(68)51-79-85(73,74)81-55-62(83-66(71)49-41-33-24-18-21-29-37-45-59(6)7)53-78-65(70)48-40-32-23-17-16-20-28-36-44-58(4)5/h57-63,68H,9-56H2,1-8H3,(H,73,74)(H,75,76)/t60?,61?,62-,63-/m1/s1. The van der Waals surface area contributed by atoms with Gasteiger partial charge in [0.1, 0.15) is 19.3 Å². The molecule has 3 N–H and O–H groups in total. The molecule has 0 aliphatic heterocycles. The SMILES string of the molecule is CCC(C)CCCCCCCCC(=O)O[C@H](COC(=O)CCCCCCCCCCCCCCC(C)C)COP(=O)(O)OCC(O)COP(=O)(O)OC[C@@H](COC(=O)CCCCCCCCCCC(C)C)OC(=O)CCCCCCCCCC(C)C. The maximum Gasteiger partial charge on any atom is 0.472 e. The summed E-state index contributed by atoms with van der Waals surface area (Å²) < 4.78 is 68.1. The molecular formula is C67H130O17P2. The van der Waals surface area contributed by atoms with Gasteiger partial charge in [0.05, 0.1) is 26.4 Å². The smallest absolute Gasteiger partial charge is 0.462 e. The number of rotatable bonds is 64. The van der Waals surface area contributed by atoms with Gasteiger partial charge in [-0.2, -0.15) is 0 Å². The lowest BCUT2D eigenvalue weighted by molar-refractivity contribution is -0.161. The van der Waals surface area contributed by atoms with Crippen LogP contribution in [0.3, 0.4) is 0 Å². The first-order chi connectivity index (χ1) is 41.1. The Morgan fingerprint density at radius 2 is 0.558 bits per heavy atom. The van der Waals surface area contributed by atoms with Crippen LogP contribution >= 0.6 is 15.6 Å². The van der Waals surface area contributed by atoms with E-state index in [1.54, 1.807) is 0 Å². The van der Waals surface area contributed by atoms with Crippen molar-refractivity contribution in [1.82, 2.24) is 0 Å². The van der Waals surface area contributed by atoms with Gasteiger partial charge in [-0.05, 0) is 49.4 Å². The Kier molecular flexibility index (Phi) is 55.7. The number of carbonyl (C=O) groups is 4. The van der Waals surface area contributed by atoms with E-state index >= 15 is 0 Å². The lowest BCUT2D eigenvalue weighted by Crippen LogP contribution is -2.30. The van der Waals surface area contributed by atoms with E-state index in [-0.39, 0.29) is 25.7 Å². The second-order valence-corrected chi connectivity index (χ2v) is 28.8. The first-order valence-corrected chi connectivity index (χ1v) is 37.7. The Bertz CT molecular complexity index is 1720. The van der Waals surface area contributed by atoms with Crippen molar-refractivity contribution < 1.29 is 80.2 Å². The summed E-state index contributed by atoms with van der Waals surface area (Å²) in [4.78, 5) is 72.3. The minimum atomic E-state index is -4.95. The molecular weight excluding hydrogens is 1140 g/mol. The summed E-state index contributed by atoms with van der Waals surface area (Å²) in [6.07, 6.45) is 37.7. The van der Waals surface area contributed by atoms with Gasteiger partial charge >= 0.3 is 39.5 Å². The molecule has 0 bridgehead atoms. The molecule has 0 aromatic rings. The highest BCUT2D eigenvalue weighted by atomic mass is 31.2. The number of carbonyl (C=O) groups excluding carboxylic acids is 4. The molecule has 0 spiro atoms. The van der Waals surface area contributed by atoms with Gasteiger partial charge in [0.15, 0.2) is 12.2 Å². The second-order valence-electron chi connectivity index (χ2n) is 25.9. The fourth-order valence-electron chi connectivity index (χ4n) is 9.93. The predicted octanol–water partition coefficient (Wildman–Crippen LogP) is 18.5. The van der Waals surface area contributed by atoms with Crippen molar-refractivity contribution in [2.45, 2.75) is 343 Å². The van der Waals surface area contributed by atoms with Gasteiger partial charge in [0, 0.05) is 25.7 Å². The summed E-state index contributed by atoms with van der Waals surface area (Å²) in [6, 6.07) is 0. The van der Waals surface area contributed by atoms with Crippen LogP contribution in [0.1, 0.15) is 325 Å². The molecule has 0 fully saturated rings. The molecule has 510 valence electrons. The van der Waals surface area contributed by atoms with E-state index in [9.17, 15) is 43.2 Å². The van der Waals surface area contributed by atoms with Gasteiger partial charge in [-0.3, -0.25) is 37.3 Å². The van der Waals surface area contributed by atoms with Crippen LogP contribution in [0.4, 0.5) is 0 Å². The molecule has 0 aliphatic carbocycles. The van der Waals surface area contributed by atoms with E-state index in [4.69, 9.17) is 37.0 Å². The number of aliphatic hydroxyl groups excluding tert-OH is 1. The second kappa shape index (κ2) is 57.0. The van der Waals surface area contributed by atoms with Crippen molar-refractivity contribution in [2.75, 3.05) is 39.6 Å². The number of esters is 4. The first kappa shape index (κ1) is 84.1. The average Bonchev–Trinajstić information content (AvgIpc) is 3.62. The number of aliphatic hydroxyl groups is 1.